The quantitative estimate of drug-likeness (QED) is 0.864. The van der Waals surface area contributed by atoms with E-state index in [0.29, 0.717) is 24.2 Å². The first-order chi connectivity index (χ1) is 12.5. The van der Waals surface area contributed by atoms with Crippen molar-refractivity contribution in [3.63, 3.8) is 0 Å². The first kappa shape index (κ1) is 16.3. The number of carbonyl (C=O) groups excluding carboxylic acids is 3. The lowest BCUT2D eigenvalue weighted by atomic mass is 10.1. The molecule has 2 atom stereocenters. The Morgan fingerprint density at radius 1 is 1.15 bits per heavy atom. The van der Waals surface area contributed by atoms with Crippen LogP contribution in [0.15, 0.2) is 48.5 Å². The van der Waals surface area contributed by atoms with Gasteiger partial charge in [0, 0.05) is 12.1 Å². The van der Waals surface area contributed by atoms with E-state index in [4.69, 9.17) is 0 Å². The molecule has 4 rings (SSSR count). The van der Waals surface area contributed by atoms with E-state index in [1.54, 1.807) is 24.3 Å². The summed E-state index contributed by atoms with van der Waals surface area (Å²) < 4.78 is 13.3. The van der Waals surface area contributed by atoms with Crippen molar-refractivity contribution in [3.8, 4) is 0 Å². The van der Waals surface area contributed by atoms with E-state index in [-0.39, 0.29) is 17.4 Å². The van der Waals surface area contributed by atoms with Gasteiger partial charge in [0.2, 0.25) is 5.91 Å². The molecule has 2 aliphatic heterocycles. The van der Waals surface area contributed by atoms with E-state index in [0.717, 1.165) is 6.07 Å². The largest absolute Gasteiger partial charge is 0.347 e. The molecule has 2 unspecified atom stereocenters. The Morgan fingerprint density at radius 3 is 2.77 bits per heavy atom. The zero-order valence-corrected chi connectivity index (χ0v) is 13.7. The number of anilines is 1. The lowest BCUT2D eigenvalue weighted by molar-refractivity contribution is -0.120. The van der Waals surface area contributed by atoms with E-state index in [9.17, 15) is 18.8 Å². The molecular formula is C19H16FN3O3. The van der Waals surface area contributed by atoms with Crippen molar-refractivity contribution >= 4 is 23.4 Å². The van der Waals surface area contributed by atoms with Crippen molar-refractivity contribution in [2.24, 2.45) is 0 Å². The highest BCUT2D eigenvalue weighted by atomic mass is 19.1. The first-order valence-electron chi connectivity index (χ1n) is 8.32. The maximum absolute atomic E-state index is 13.3. The van der Waals surface area contributed by atoms with Gasteiger partial charge in [0.25, 0.3) is 11.8 Å². The molecule has 0 aliphatic carbocycles. The van der Waals surface area contributed by atoms with Crippen LogP contribution in [0.5, 0.6) is 0 Å². The van der Waals surface area contributed by atoms with Gasteiger partial charge in [0.1, 0.15) is 11.9 Å². The van der Waals surface area contributed by atoms with Gasteiger partial charge in [-0.3, -0.25) is 14.4 Å². The number of fused-ring (bicyclic) bond motifs is 2. The monoisotopic (exact) mass is 353 g/mol. The lowest BCUT2D eigenvalue weighted by Gasteiger charge is -2.25. The van der Waals surface area contributed by atoms with Crippen LogP contribution in [0.3, 0.4) is 0 Å². The Hall–Kier alpha value is -3.22. The molecule has 132 valence electrons. The fourth-order valence-electron chi connectivity index (χ4n) is 3.52. The summed E-state index contributed by atoms with van der Waals surface area (Å²) in [5.41, 5.74) is 1.07. The number of para-hydroxylation sites is 1. The van der Waals surface area contributed by atoms with Crippen LogP contribution in [0.4, 0.5) is 10.1 Å². The van der Waals surface area contributed by atoms with Crippen LogP contribution in [0.1, 0.15) is 27.1 Å². The number of hydrogen-bond donors (Lipinski definition) is 2. The molecule has 2 heterocycles. The standard InChI is InChI=1S/C19H16FN3O3/c20-12-5-3-4-11(10-12)17(24)22-15-8-9-23-16(15)18(25)21-14-7-2-1-6-13(14)19(23)26/h1-7,10,15-16H,8-9H2,(H,21,25)(H,22,24). The van der Waals surface area contributed by atoms with Crippen LogP contribution in [-0.2, 0) is 4.79 Å². The molecule has 0 saturated carbocycles. The van der Waals surface area contributed by atoms with Crippen LogP contribution < -0.4 is 10.6 Å². The van der Waals surface area contributed by atoms with E-state index in [1.807, 2.05) is 0 Å². The molecule has 7 heteroatoms. The fraction of sp³-hybridized carbons (Fsp3) is 0.211. The minimum atomic E-state index is -0.799. The summed E-state index contributed by atoms with van der Waals surface area (Å²) in [6, 6.07) is 10.8. The lowest BCUT2D eigenvalue weighted by Crippen LogP contribution is -2.51. The average molecular weight is 353 g/mol. The van der Waals surface area contributed by atoms with E-state index in [2.05, 4.69) is 10.6 Å². The van der Waals surface area contributed by atoms with Crippen molar-refractivity contribution in [2.45, 2.75) is 18.5 Å². The number of nitrogens with zero attached hydrogens (tertiary/aromatic N) is 1. The van der Waals surface area contributed by atoms with Crippen molar-refractivity contribution in [1.29, 1.82) is 0 Å². The molecule has 0 radical (unpaired) electrons. The average Bonchev–Trinajstić information content (AvgIpc) is 3.01. The molecule has 0 spiro atoms. The maximum Gasteiger partial charge on any atom is 0.256 e. The Bertz CT molecular complexity index is 914. The third-order valence-corrected chi connectivity index (χ3v) is 4.75. The number of benzene rings is 2. The Labute approximate surface area is 149 Å². The minimum absolute atomic E-state index is 0.173. The molecule has 2 aliphatic rings. The third-order valence-electron chi connectivity index (χ3n) is 4.75. The van der Waals surface area contributed by atoms with Gasteiger partial charge in [-0.05, 0) is 36.8 Å². The normalized spacial score (nSPS) is 21.5. The Morgan fingerprint density at radius 2 is 1.96 bits per heavy atom. The number of nitrogens with one attached hydrogen (secondary N) is 2. The summed E-state index contributed by atoms with van der Waals surface area (Å²) in [4.78, 5) is 39.3. The van der Waals surface area contributed by atoms with Crippen LogP contribution in [0.25, 0.3) is 0 Å². The molecule has 2 aromatic carbocycles. The summed E-state index contributed by atoms with van der Waals surface area (Å²) in [6.45, 7) is 0.360. The summed E-state index contributed by atoms with van der Waals surface area (Å²) in [6.07, 6.45) is 0.451. The molecular weight excluding hydrogens is 337 g/mol. The van der Waals surface area contributed by atoms with Gasteiger partial charge in [-0.25, -0.2) is 4.39 Å². The smallest absolute Gasteiger partial charge is 0.256 e. The molecule has 1 fully saturated rings. The SMILES string of the molecule is O=C(NC1CCN2C(=O)c3ccccc3NC(=O)C12)c1cccc(F)c1. The molecule has 2 N–H and O–H groups in total. The zero-order chi connectivity index (χ0) is 18.3. The van der Waals surface area contributed by atoms with Gasteiger partial charge in [-0.2, -0.15) is 0 Å². The molecule has 2 aromatic rings. The highest BCUT2D eigenvalue weighted by Gasteiger charge is 2.45. The summed E-state index contributed by atoms with van der Waals surface area (Å²) in [5.74, 6) is -1.57. The second-order valence-corrected chi connectivity index (χ2v) is 6.36. The molecule has 6 nitrogen and oxygen atoms in total. The summed E-state index contributed by atoms with van der Waals surface area (Å²) in [7, 11) is 0. The van der Waals surface area contributed by atoms with Gasteiger partial charge >= 0.3 is 0 Å². The molecule has 0 aromatic heterocycles. The highest BCUT2D eigenvalue weighted by Crippen LogP contribution is 2.29. The van der Waals surface area contributed by atoms with Crippen molar-refractivity contribution < 1.29 is 18.8 Å². The summed E-state index contributed by atoms with van der Waals surface area (Å²) >= 11 is 0. The van der Waals surface area contributed by atoms with Crippen LogP contribution in [0.2, 0.25) is 0 Å². The third kappa shape index (κ3) is 2.71. The second kappa shape index (κ2) is 6.25. The van der Waals surface area contributed by atoms with Crippen LogP contribution in [0, 0.1) is 5.82 Å². The van der Waals surface area contributed by atoms with Crippen LogP contribution in [-0.4, -0.2) is 41.2 Å². The molecule has 1 saturated heterocycles. The van der Waals surface area contributed by atoms with E-state index in [1.165, 1.54) is 23.1 Å². The van der Waals surface area contributed by atoms with Gasteiger partial charge in [-0.15, -0.1) is 0 Å². The van der Waals surface area contributed by atoms with E-state index < -0.39 is 23.8 Å². The van der Waals surface area contributed by atoms with Gasteiger partial charge in [0.05, 0.1) is 17.3 Å². The predicted octanol–water partition coefficient (Wildman–Crippen LogP) is 1.79. The van der Waals surface area contributed by atoms with Gasteiger partial charge < -0.3 is 15.5 Å². The number of hydrogen-bond acceptors (Lipinski definition) is 3. The van der Waals surface area contributed by atoms with E-state index >= 15 is 0 Å². The minimum Gasteiger partial charge on any atom is -0.347 e. The number of rotatable bonds is 2. The number of carbonyl (C=O) groups is 3. The molecule has 0 bridgehead atoms. The van der Waals surface area contributed by atoms with Gasteiger partial charge in [-0.1, -0.05) is 18.2 Å². The number of amides is 3. The Kier molecular flexibility index (Phi) is 3.91. The molecule has 26 heavy (non-hydrogen) atoms. The number of halogens is 1. The van der Waals surface area contributed by atoms with Crippen molar-refractivity contribution in [3.05, 3.63) is 65.5 Å². The maximum atomic E-state index is 13.3. The second-order valence-electron chi connectivity index (χ2n) is 6.36. The zero-order valence-electron chi connectivity index (χ0n) is 13.7. The predicted molar refractivity (Wildman–Crippen MR) is 92.2 cm³/mol. The van der Waals surface area contributed by atoms with Crippen molar-refractivity contribution in [1.82, 2.24) is 10.2 Å². The first-order valence-corrected chi connectivity index (χ1v) is 8.32. The van der Waals surface area contributed by atoms with Gasteiger partial charge in [0.15, 0.2) is 0 Å². The van der Waals surface area contributed by atoms with Crippen LogP contribution >= 0.6 is 0 Å². The summed E-state index contributed by atoms with van der Waals surface area (Å²) in [5, 5.41) is 5.53. The van der Waals surface area contributed by atoms with Crippen molar-refractivity contribution in [2.75, 3.05) is 11.9 Å². The highest BCUT2D eigenvalue weighted by molar-refractivity contribution is 6.10. The topological polar surface area (TPSA) is 78.5 Å². The Balaban J connectivity index is 1.59. The fourth-order valence-corrected chi connectivity index (χ4v) is 3.52. The molecule has 3 amide bonds.